The Balaban J connectivity index is 2.21. The monoisotopic (exact) mass is 262 g/mol. The maximum Gasteiger partial charge on any atom is 0.0805 e. The van der Waals surface area contributed by atoms with Gasteiger partial charge in [-0.15, -0.1) is 0 Å². The zero-order valence-electron chi connectivity index (χ0n) is 12.6. The number of morpholine rings is 1. The molecule has 0 amide bonds. The summed E-state index contributed by atoms with van der Waals surface area (Å²) in [4.78, 5) is 2.44. The second-order valence-electron chi connectivity index (χ2n) is 6.23. The third kappa shape index (κ3) is 3.48. The normalized spacial score (nSPS) is 22.6. The van der Waals surface area contributed by atoms with Crippen molar-refractivity contribution in [3.63, 3.8) is 0 Å². The molecule has 0 aromatic heterocycles. The summed E-state index contributed by atoms with van der Waals surface area (Å²) in [5.41, 5.74) is 9.51. The first-order valence-electron chi connectivity index (χ1n) is 7.13. The lowest BCUT2D eigenvalue weighted by Gasteiger charge is -2.43. The van der Waals surface area contributed by atoms with E-state index in [1.165, 1.54) is 16.8 Å². The standard InChI is InChI=1S/C16H26N2O/c1-12-9-14(7-8-17)5-6-15(12)18-10-13(2)19-16(3,4)11-18/h5-6,9,13H,7-8,10-11,17H2,1-4H3. The summed E-state index contributed by atoms with van der Waals surface area (Å²) in [5, 5.41) is 0. The van der Waals surface area contributed by atoms with E-state index in [0.717, 1.165) is 19.5 Å². The summed E-state index contributed by atoms with van der Waals surface area (Å²) in [6, 6.07) is 6.69. The van der Waals surface area contributed by atoms with Crippen LogP contribution in [0.4, 0.5) is 5.69 Å². The molecule has 1 atom stereocenters. The largest absolute Gasteiger partial charge is 0.369 e. The molecule has 106 valence electrons. The average molecular weight is 262 g/mol. The summed E-state index contributed by atoms with van der Waals surface area (Å²) in [6.45, 7) is 11.3. The van der Waals surface area contributed by atoms with Gasteiger partial charge in [-0.05, 0) is 57.9 Å². The first-order valence-corrected chi connectivity index (χ1v) is 7.13. The molecule has 0 spiro atoms. The molecule has 3 heteroatoms. The van der Waals surface area contributed by atoms with Gasteiger partial charge in [-0.2, -0.15) is 0 Å². The van der Waals surface area contributed by atoms with Crippen molar-refractivity contribution in [2.24, 2.45) is 5.73 Å². The summed E-state index contributed by atoms with van der Waals surface area (Å²) in [6.07, 6.45) is 1.22. The van der Waals surface area contributed by atoms with Crippen molar-refractivity contribution in [2.45, 2.75) is 45.8 Å². The van der Waals surface area contributed by atoms with Crippen LogP contribution in [-0.4, -0.2) is 31.3 Å². The molecule has 0 bridgehead atoms. The topological polar surface area (TPSA) is 38.5 Å². The van der Waals surface area contributed by atoms with Crippen LogP contribution in [0.25, 0.3) is 0 Å². The van der Waals surface area contributed by atoms with E-state index >= 15 is 0 Å². The Bertz CT molecular complexity index is 442. The number of ether oxygens (including phenoxy) is 1. The summed E-state index contributed by atoms with van der Waals surface area (Å²) in [7, 11) is 0. The van der Waals surface area contributed by atoms with Gasteiger partial charge >= 0.3 is 0 Å². The van der Waals surface area contributed by atoms with Gasteiger partial charge in [0, 0.05) is 18.8 Å². The number of benzene rings is 1. The molecule has 2 rings (SSSR count). The number of nitrogens with two attached hydrogens (primary N) is 1. The molecule has 1 heterocycles. The number of nitrogens with zero attached hydrogens (tertiary/aromatic N) is 1. The fraction of sp³-hybridized carbons (Fsp3) is 0.625. The van der Waals surface area contributed by atoms with Crippen molar-refractivity contribution in [1.82, 2.24) is 0 Å². The highest BCUT2D eigenvalue weighted by Crippen LogP contribution is 2.28. The van der Waals surface area contributed by atoms with E-state index in [9.17, 15) is 0 Å². The minimum Gasteiger partial charge on any atom is -0.369 e. The molecule has 0 saturated carbocycles. The number of hydrogen-bond donors (Lipinski definition) is 1. The summed E-state index contributed by atoms with van der Waals surface area (Å²) >= 11 is 0. The first-order chi connectivity index (χ1) is 8.91. The zero-order chi connectivity index (χ0) is 14.0. The lowest BCUT2D eigenvalue weighted by molar-refractivity contribution is -0.0749. The average Bonchev–Trinajstić information content (AvgIpc) is 2.26. The van der Waals surface area contributed by atoms with E-state index < -0.39 is 0 Å². The van der Waals surface area contributed by atoms with E-state index in [-0.39, 0.29) is 11.7 Å². The minimum absolute atomic E-state index is 0.0833. The van der Waals surface area contributed by atoms with Crippen molar-refractivity contribution in [3.05, 3.63) is 29.3 Å². The molecule has 1 fully saturated rings. The number of hydrogen-bond acceptors (Lipinski definition) is 3. The van der Waals surface area contributed by atoms with Gasteiger partial charge in [0.1, 0.15) is 0 Å². The predicted molar refractivity (Wildman–Crippen MR) is 80.8 cm³/mol. The van der Waals surface area contributed by atoms with Gasteiger partial charge in [0.2, 0.25) is 0 Å². The number of aryl methyl sites for hydroxylation is 1. The molecule has 2 N–H and O–H groups in total. The Morgan fingerprint density at radius 1 is 1.42 bits per heavy atom. The van der Waals surface area contributed by atoms with E-state index in [4.69, 9.17) is 10.5 Å². The van der Waals surface area contributed by atoms with Crippen LogP contribution in [0.2, 0.25) is 0 Å². The van der Waals surface area contributed by atoms with Gasteiger partial charge in [-0.1, -0.05) is 12.1 Å². The van der Waals surface area contributed by atoms with Gasteiger partial charge in [0.15, 0.2) is 0 Å². The highest BCUT2D eigenvalue weighted by molar-refractivity contribution is 5.55. The molecule has 0 radical (unpaired) electrons. The molecule has 1 saturated heterocycles. The fourth-order valence-corrected chi connectivity index (χ4v) is 3.03. The van der Waals surface area contributed by atoms with Crippen LogP contribution in [0.5, 0.6) is 0 Å². The molecule has 1 aliphatic rings. The zero-order valence-corrected chi connectivity index (χ0v) is 12.6. The number of rotatable bonds is 3. The lowest BCUT2D eigenvalue weighted by Crippen LogP contribution is -2.52. The molecule has 3 nitrogen and oxygen atoms in total. The van der Waals surface area contributed by atoms with Crippen LogP contribution >= 0.6 is 0 Å². The van der Waals surface area contributed by atoms with Gasteiger partial charge < -0.3 is 15.4 Å². The molecule has 1 aromatic rings. The van der Waals surface area contributed by atoms with Crippen molar-refractivity contribution in [3.8, 4) is 0 Å². The first kappa shape index (κ1) is 14.4. The van der Waals surface area contributed by atoms with Crippen molar-refractivity contribution in [1.29, 1.82) is 0 Å². The minimum atomic E-state index is -0.0833. The van der Waals surface area contributed by atoms with Crippen molar-refractivity contribution >= 4 is 5.69 Å². The Kier molecular flexibility index (Phi) is 4.16. The molecule has 1 aromatic carbocycles. The van der Waals surface area contributed by atoms with Crippen molar-refractivity contribution in [2.75, 3.05) is 24.5 Å². The van der Waals surface area contributed by atoms with Gasteiger partial charge in [-0.25, -0.2) is 0 Å². The Morgan fingerprint density at radius 2 is 2.16 bits per heavy atom. The maximum atomic E-state index is 5.97. The number of anilines is 1. The molecule has 1 aliphatic heterocycles. The quantitative estimate of drug-likeness (QED) is 0.909. The maximum absolute atomic E-state index is 5.97. The van der Waals surface area contributed by atoms with Crippen LogP contribution < -0.4 is 10.6 Å². The molecule has 19 heavy (non-hydrogen) atoms. The highest BCUT2D eigenvalue weighted by Gasteiger charge is 2.31. The summed E-state index contributed by atoms with van der Waals surface area (Å²) in [5.74, 6) is 0. The van der Waals surface area contributed by atoms with Gasteiger partial charge in [0.25, 0.3) is 0 Å². The lowest BCUT2D eigenvalue weighted by atomic mass is 10.0. The second kappa shape index (κ2) is 5.51. The van der Waals surface area contributed by atoms with Crippen LogP contribution in [0, 0.1) is 6.92 Å². The van der Waals surface area contributed by atoms with E-state index in [1.807, 2.05) is 0 Å². The third-order valence-corrected chi connectivity index (χ3v) is 3.60. The smallest absolute Gasteiger partial charge is 0.0805 e. The van der Waals surface area contributed by atoms with E-state index in [2.05, 4.69) is 50.8 Å². The van der Waals surface area contributed by atoms with E-state index in [0.29, 0.717) is 6.54 Å². The van der Waals surface area contributed by atoms with Gasteiger partial charge in [0.05, 0.1) is 11.7 Å². The second-order valence-corrected chi connectivity index (χ2v) is 6.23. The molecule has 0 aliphatic carbocycles. The molecule has 1 unspecified atom stereocenters. The van der Waals surface area contributed by atoms with Crippen LogP contribution in [0.1, 0.15) is 31.9 Å². The molecular formula is C16H26N2O. The third-order valence-electron chi connectivity index (χ3n) is 3.60. The van der Waals surface area contributed by atoms with Crippen LogP contribution in [0.3, 0.4) is 0 Å². The highest BCUT2D eigenvalue weighted by atomic mass is 16.5. The van der Waals surface area contributed by atoms with Crippen LogP contribution in [0.15, 0.2) is 18.2 Å². The van der Waals surface area contributed by atoms with E-state index in [1.54, 1.807) is 0 Å². The Morgan fingerprint density at radius 3 is 2.74 bits per heavy atom. The predicted octanol–water partition coefficient (Wildman–Crippen LogP) is 2.50. The molecular weight excluding hydrogens is 236 g/mol. The SMILES string of the molecule is Cc1cc(CCN)ccc1N1CC(C)OC(C)(C)C1. The van der Waals surface area contributed by atoms with Gasteiger partial charge in [-0.3, -0.25) is 0 Å². The Hall–Kier alpha value is -1.06. The van der Waals surface area contributed by atoms with Crippen LogP contribution in [-0.2, 0) is 11.2 Å². The Labute approximate surface area is 116 Å². The summed E-state index contributed by atoms with van der Waals surface area (Å²) < 4.78 is 5.97. The fourth-order valence-electron chi connectivity index (χ4n) is 3.03. The van der Waals surface area contributed by atoms with Crippen molar-refractivity contribution < 1.29 is 4.74 Å².